The molecule has 0 aromatic carbocycles. The number of allylic oxidation sites excluding steroid dienone is 16. The zero-order chi connectivity index (χ0) is 46.3. The quantitative estimate of drug-likeness (QED) is 0.0212. The highest BCUT2D eigenvalue weighted by molar-refractivity contribution is 5.71. The number of hydrogen-bond donors (Lipinski definition) is 1. The standard InChI is InChI=1S/C54H89NO8/c1-6-8-10-12-14-16-18-20-22-24-25-26-27-29-31-33-35-37-39-41-43-45-52(57)63-50(49-62-54(53(58)59)60-47-46-55(3,4)5)48-61-51(56)44-42-40-38-36-34-32-30-28-23-21-19-17-15-13-11-9-7-2/h8,10,14-17,20-23,25-26,29,31,35,37,50,54H,6-7,9,11-13,18-19,24,27-28,30,32-34,36,38-49H2,1-5H3/p+1/b10-8-,16-14-,17-15-,22-20-,23-21-,26-25-,31-29-,37-35-. The van der Waals surface area contributed by atoms with Gasteiger partial charge in [0.15, 0.2) is 6.10 Å². The van der Waals surface area contributed by atoms with E-state index in [0.29, 0.717) is 17.4 Å². The summed E-state index contributed by atoms with van der Waals surface area (Å²) in [6.07, 6.45) is 56.1. The van der Waals surface area contributed by atoms with Gasteiger partial charge in [0, 0.05) is 12.8 Å². The Morgan fingerprint density at radius 2 is 0.905 bits per heavy atom. The van der Waals surface area contributed by atoms with Crippen molar-refractivity contribution in [3.8, 4) is 0 Å². The Balaban J connectivity index is 4.51. The number of ether oxygens (including phenoxy) is 4. The molecule has 0 aliphatic carbocycles. The molecule has 0 aromatic heterocycles. The summed E-state index contributed by atoms with van der Waals surface area (Å²) in [7, 11) is 5.93. The number of hydrogen-bond acceptors (Lipinski definition) is 7. The summed E-state index contributed by atoms with van der Waals surface area (Å²) in [6.45, 7) is 4.65. The molecule has 0 aromatic rings. The molecule has 0 fully saturated rings. The molecule has 0 rings (SSSR count). The van der Waals surface area contributed by atoms with Gasteiger partial charge in [0.25, 0.3) is 6.29 Å². The zero-order valence-corrected chi connectivity index (χ0v) is 40.4. The van der Waals surface area contributed by atoms with Crippen LogP contribution < -0.4 is 0 Å². The smallest absolute Gasteiger partial charge is 0.361 e. The molecule has 9 nitrogen and oxygen atoms in total. The van der Waals surface area contributed by atoms with Gasteiger partial charge in [-0.2, -0.15) is 0 Å². The van der Waals surface area contributed by atoms with Crippen molar-refractivity contribution in [1.29, 1.82) is 0 Å². The molecule has 1 N–H and O–H groups in total. The van der Waals surface area contributed by atoms with Crippen molar-refractivity contribution in [2.75, 3.05) is 47.5 Å². The lowest BCUT2D eigenvalue weighted by Gasteiger charge is -2.25. The second-order valence-corrected chi connectivity index (χ2v) is 17.0. The van der Waals surface area contributed by atoms with Crippen LogP contribution in [-0.4, -0.2) is 87.4 Å². The highest BCUT2D eigenvalue weighted by Gasteiger charge is 2.25. The van der Waals surface area contributed by atoms with Gasteiger partial charge in [-0.25, -0.2) is 4.79 Å². The maximum atomic E-state index is 12.8. The van der Waals surface area contributed by atoms with E-state index in [-0.39, 0.29) is 38.6 Å². The van der Waals surface area contributed by atoms with Gasteiger partial charge in [-0.1, -0.05) is 156 Å². The number of carbonyl (C=O) groups is 3. The molecule has 0 heterocycles. The fourth-order valence-corrected chi connectivity index (χ4v) is 6.04. The summed E-state index contributed by atoms with van der Waals surface area (Å²) >= 11 is 0. The van der Waals surface area contributed by atoms with E-state index in [0.717, 1.165) is 89.9 Å². The Morgan fingerprint density at radius 1 is 0.492 bits per heavy atom. The van der Waals surface area contributed by atoms with Crippen LogP contribution >= 0.6 is 0 Å². The highest BCUT2D eigenvalue weighted by Crippen LogP contribution is 2.12. The number of carboxylic acid groups (broad SMARTS) is 1. The van der Waals surface area contributed by atoms with E-state index in [9.17, 15) is 19.5 Å². The topological polar surface area (TPSA) is 108 Å². The van der Waals surface area contributed by atoms with E-state index in [1.165, 1.54) is 44.9 Å². The molecule has 0 aliphatic rings. The van der Waals surface area contributed by atoms with Crippen molar-refractivity contribution in [3.63, 3.8) is 0 Å². The first-order chi connectivity index (χ1) is 30.6. The summed E-state index contributed by atoms with van der Waals surface area (Å²) < 4.78 is 22.7. The molecule has 0 aliphatic heterocycles. The van der Waals surface area contributed by atoms with Crippen LogP contribution in [0.2, 0.25) is 0 Å². The lowest BCUT2D eigenvalue weighted by molar-refractivity contribution is -0.870. The Morgan fingerprint density at radius 3 is 1.38 bits per heavy atom. The fourth-order valence-electron chi connectivity index (χ4n) is 6.04. The SMILES string of the molecule is CC/C=C\C/C=C\C/C=C\C/C=C\C/C=C\C/C=C\CCCCC(=O)OC(COC(=O)CCCCCCCCC/C=C\C/C=C\CCCCC)COC(OCC[N+](C)(C)C)C(=O)O. The van der Waals surface area contributed by atoms with Crippen molar-refractivity contribution in [1.82, 2.24) is 0 Å². The number of aliphatic carboxylic acids is 1. The Hall–Kier alpha value is -3.79. The minimum atomic E-state index is -1.53. The second kappa shape index (κ2) is 44.8. The largest absolute Gasteiger partial charge is 0.477 e. The molecular formula is C54H90NO8+. The Bertz CT molecular complexity index is 1350. The molecule has 2 unspecified atom stereocenters. The lowest BCUT2D eigenvalue weighted by atomic mass is 10.1. The van der Waals surface area contributed by atoms with Crippen molar-refractivity contribution >= 4 is 17.9 Å². The number of likely N-dealkylation sites (N-methyl/N-ethyl adjacent to an activating group) is 1. The molecule has 0 spiro atoms. The highest BCUT2D eigenvalue weighted by atomic mass is 16.7. The molecule has 358 valence electrons. The number of carbonyl (C=O) groups excluding carboxylic acids is 2. The van der Waals surface area contributed by atoms with Gasteiger partial charge in [0.05, 0.1) is 34.4 Å². The number of esters is 2. The van der Waals surface area contributed by atoms with E-state index in [1.54, 1.807) is 0 Å². The van der Waals surface area contributed by atoms with Crippen LogP contribution in [0, 0.1) is 0 Å². The van der Waals surface area contributed by atoms with Gasteiger partial charge >= 0.3 is 17.9 Å². The van der Waals surface area contributed by atoms with Gasteiger partial charge in [-0.15, -0.1) is 0 Å². The number of unbranched alkanes of at least 4 members (excludes halogenated alkanes) is 12. The average molecular weight is 881 g/mol. The number of carboxylic acids is 1. The van der Waals surface area contributed by atoms with E-state index in [4.69, 9.17) is 18.9 Å². The molecule has 2 atom stereocenters. The predicted octanol–water partition coefficient (Wildman–Crippen LogP) is 13.4. The normalized spacial score (nSPS) is 13.7. The van der Waals surface area contributed by atoms with E-state index in [1.807, 2.05) is 21.1 Å². The summed E-state index contributed by atoms with van der Waals surface area (Å²) in [5, 5.41) is 9.66. The first-order valence-electron chi connectivity index (χ1n) is 24.4. The van der Waals surface area contributed by atoms with Crippen LogP contribution in [0.4, 0.5) is 0 Å². The van der Waals surface area contributed by atoms with Crippen molar-refractivity contribution < 1.29 is 42.9 Å². The molecular weight excluding hydrogens is 791 g/mol. The molecule has 0 saturated heterocycles. The first kappa shape index (κ1) is 59.2. The maximum absolute atomic E-state index is 12.8. The fraction of sp³-hybridized carbons (Fsp3) is 0.648. The Labute approximate surface area is 384 Å². The molecule has 9 heteroatoms. The lowest BCUT2D eigenvalue weighted by Crippen LogP contribution is -2.40. The predicted molar refractivity (Wildman–Crippen MR) is 262 cm³/mol. The average Bonchev–Trinajstić information content (AvgIpc) is 3.24. The van der Waals surface area contributed by atoms with Crippen LogP contribution in [0.3, 0.4) is 0 Å². The summed E-state index contributed by atoms with van der Waals surface area (Å²) in [4.78, 5) is 37.2. The zero-order valence-electron chi connectivity index (χ0n) is 40.4. The van der Waals surface area contributed by atoms with Gasteiger partial charge in [0.1, 0.15) is 13.2 Å². The van der Waals surface area contributed by atoms with Crippen LogP contribution in [-0.2, 0) is 33.3 Å². The second-order valence-electron chi connectivity index (χ2n) is 17.0. The third-order valence-corrected chi connectivity index (χ3v) is 9.82. The summed E-state index contributed by atoms with van der Waals surface area (Å²) in [6, 6.07) is 0. The van der Waals surface area contributed by atoms with E-state index >= 15 is 0 Å². The van der Waals surface area contributed by atoms with Gasteiger partial charge in [-0.3, -0.25) is 9.59 Å². The third-order valence-electron chi connectivity index (χ3n) is 9.82. The van der Waals surface area contributed by atoms with Crippen molar-refractivity contribution in [2.45, 2.75) is 180 Å². The third kappa shape index (κ3) is 46.0. The van der Waals surface area contributed by atoms with Gasteiger partial charge < -0.3 is 28.5 Å². The molecule has 0 amide bonds. The number of nitrogens with zero attached hydrogens (tertiary/aromatic N) is 1. The summed E-state index contributed by atoms with van der Waals surface area (Å²) in [5.74, 6) is -2.09. The van der Waals surface area contributed by atoms with E-state index in [2.05, 4.69) is 111 Å². The molecule has 0 bridgehead atoms. The van der Waals surface area contributed by atoms with Gasteiger partial charge in [0.2, 0.25) is 0 Å². The van der Waals surface area contributed by atoms with Crippen LogP contribution in [0.15, 0.2) is 97.2 Å². The van der Waals surface area contributed by atoms with Gasteiger partial charge in [-0.05, 0) is 96.3 Å². The minimum Gasteiger partial charge on any atom is -0.477 e. The van der Waals surface area contributed by atoms with Crippen molar-refractivity contribution in [3.05, 3.63) is 97.2 Å². The first-order valence-corrected chi connectivity index (χ1v) is 24.4. The molecule has 63 heavy (non-hydrogen) atoms. The monoisotopic (exact) mass is 881 g/mol. The van der Waals surface area contributed by atoms with Crippen molar-refractivity contribution in [2.24, 2.45) is 0 Å². The Kier molecular flexibility index (Phi) is 42.1. The minimum absolute atomic E-state index is 0.172. The van der Waals surface area contributed by atoms with Crippen LogP contribution in [0.1, 0.15) is 168 Å². The van der Waals surface area contributed by atoms with Crippen LogP contribution in [0.5, 0.6) is 0 Å². The summed E-state index contributed by atoms with van der Waals surface area (Å²) in [5.41, 5.74) is 0. The number of rotatable bonds is 43. The van der Waals surface area contributed by atoms with Crippen LogP contribution in [0.25, 0.3) is 0 Å². The number of quaternary nitrogens is 1. The maximum Gasteiger partial charge on any atom is 0.361 e. The molecule has 0 radical (unpaired) electrons. The van der Waals surface area contributed by atoms with E-state index < -0.39 is 24.3 Å². The molecule has 0 saturated carbocycles.